The molecule has 2 aromatic rings. The minimum absolute atomic E-state index is 0. The predicted octanol–water partition coefficient (Wildman–Crippen LogP) is 4.56. The molecule has 2 rings (SSSR count). The van der Waals surface area contributed by atoms with Crippen molar-refractivity contribution in [2.45, 2.75) is 25.8 Å². The summed E-state index contributed by atoms with van der Waals surface area (Å²) >= 11 is 0. The molecular weight excluding hydrogens is 254 g/mol. The van der Waals surface area contributed by atoms with Crippen molar-refractivity contribution >= 4 is 12.4 Å². The summed E-state index contributed by atoms with van der Waals surface area (Å²) < 4.78 is 0. The second-order valence-electron chi connectivity index (χ2n) is 4.85. The van der Waals surface area contributed by atoms with Gasteiger partial charge < -0.3 is 5.32 Å². The highest BCUT2D eigenvalue weighted by molar-refractivity contribution is 5.85. The van der Waals surface area contributed by atoms with E-state index in [1.807, 2.05) is 0 Å². The van der Waals surface area contributed by atoms with Crippen LogP contribution in [0.25, 0.3) is 0 Å². The van der Waals surface area contributed by atoms with E-state index >= 15 is 0 Å². The van der Waals surface area contributed by atoms with Crippen molar-refractivity contribution in [1.82, 2.24) is 5.32 Å². The first-order chi connectivity index (χ1) is 8.77. The van der Waals surface area contributed by atoms with Gasteiger partial charge in [0, 0.05) is 12.6 Å². The van der Waals surface area contributed by atoms with Crippen LogP contribution < -0.4 is 5.32 Å². The molecule has 102 valence electrons. The molecule has 0 radical (unpaired) electrons. The summed E-state index contributed by atoms with van der Waals surface area (Å²) in [4.78, 5) is 0. The largest absolute Gasteiger partial charge is 0.310 e. The lowest BCUT2D eigenvalue weighted by atomic mass is 10.0. The summed E-state index contributed by atoms with van der Waals surface area (Å²) in [5, 5.41) is 3.60. The Morgan fingerprint density at radius 3 is 1.79 bits per heavy atom. The van der Waals surface area contributed by atoms with Gasteiger partial charge in [0.25, 0.3) is 0 Å². The molecule has 2 heteroatoms. The molecule has 0 heterocycles. The number of hydrogen-bond acceptors (Lipinski definition) is 1. The molecular formula is C17H22ClN. The molecule has 2 atom stereocenters. The van der Waals surface area contributed by atoms with Gasteiger partial charge in [-0.2, -0.15) is 0 Å². The minimum atomic E-state index is 0. The van der Waals surface area contributed by atoms with Crippen LogP contribution in [-0.2, 0) is 0 Å². The first-order valence-corrected chi connectivity index (χ1v) is 6.60. The van der Waals surface area contributed by atoms with Crippen molar-refractivity contribution in [2.75, 3.05) is 6.54 Å². The van der Waals surface area contributed by atoms with Gasteiger partial charge >= 0.3 is 0 Å². The Bertz CT molecular complexity index is 410. The van der Waals surface area contributed by atoms with E-state index < -0.39 is 0 Å². The summed E-state index contributed by atoms with van der Waals surface area (Å²) in [6.45, 7) is 5.48. The number of benzene rings is 2. The quantitative estimate of drug-likeness (QED) is 0.843. The third-order valence-electron chi connectivity index (χ3n) is 3.40. The Kier molecular flexibility index (Phi) is 6.61. The fourth-order valence-corrected chi connectivity index (χ4v) is 2.11. The number of nitrogens with one attached hydrogen (secondary N) is 1. The van der Waals surface area contributed by atoms with E-state index in [9.17, 15) is 0 Å². The molecule has 1 N–H and O–H groups in total. The lowest BCUT2D eigenvalue weighted by molar-refractivity contribution is 0.537. The Hall–Kier alpha value is -1.31. The highest BCUT2D eigenvalue weighted by Gasteiger charge is 2.08. The van der Waals surface area contributed by atoms with Crippen LogP contribution in [0.2, 0.25) is 0 Å². The van der Waals surface area contributed by atoms with Crippen LogP contribution in [0.5, 0.6) is 0 Å². The third-order valence-corrected chi connectivity index (χ3v) is 3.40. The molecule has 19 heavy (non-hydrogen) atoms. The zero-order valence-electron chi connectivity index (χ0n) is 11.5. The summed E-state index contributed by atoms with van der Waals surface area (Å²) in [7, 11) is 0. The molecule has 0 aliphatic heterocycles. The zero-order chi connectivity index (χ0) is 12.8. The molecule has 0 saturated heterocycles. The summed E-state index contributed by atoms with van der Waals surface area (Å²) in [6, 6.07) is 21.6. The summed E-state index contributed by atoms with van der Waals surface area (Å²) in [6.07, 6.45) is 0. The lowest BCUT2D eigenvalue weighted by Crippen LogP contribution is -2.23. The van der Waals surface area contributed by atoms with Crippen molar-refractivity contribution in [3.63, 3.8) is 0 Å². The van der Waals surface area contributed by atoms with Crippen molar-refractivity contribution in [1.29, 1.82) is 0 Å². The third kappa shape index (κ3) is 4.70. The first-order valence-electron chi connectivity index (χ1n) is 6.60. The second kappa shape index (κ2) is 7.98. The van der Waals surface area contributed by atoms with Gasteiger partial charge in [0.1, 0.15) is 0 Å². The van der Waals surface area contributed by atoms with E-state index in [2.05, 4.69) is 79.8 Å². The molecule has 0 aliphatic rings. The molecule has 0 amide bonds. The van der Waals surface area contributed by atoms with Crippen LogP contribution in [0.3, 0.4) is 0 Å². The van der Waals surface area contributed by atoms with Crippen molar-refractivity contribution in [3.8, 4) is 0 Å². The van der Waals surface area contributed by atoms with Crippen LogP contribution in [0.15, 0.2) is 60.7 Å². The highest BCUT2D eigenvalue weighted by atomic mass is 35.5. The molecule has 0 aliphatic carbocycles. The smallest absolute Gasteiger partial charge is 0.0292 e. The van der Waals surface area contributed by atoms with E-state index in [0.717, 1.165) is 6.54 Å². The van der Waals surface area contributed by atoms with Gasteiger partial charge in [0.2, 0.25) is 0 Å². The minimum Gasteiger partial charge on any atom is -0.310 e. The SMILES string of the molecule is CC(CNC(C)c1ccccc1)c1ccccc1.Cl. The van der Waals surface area contributed by atoms with Gasteiger partial charge in [0.15, 0.2) is 0 Å². The Morgan fingerprint density at radius 2 is 1.26 bits per heavy atom. The predicted molar refractivity (Wildman–Crippen MR) is 85.0 cm³/mol. The van der Waals surface area contributed by atoms with Gasteiger partial charge in [-0.05, 0) is 24.0 Å². The zero-order valence-corrected chi connectivity index (χ0v) is 12.4. The maximum absolute atomic E-state index is 3.60. The normalized spacial score (nSPS) is 13.4. The average molecular weight is 276 g/mol. The molecule has 2 aromatic carbocycles. The van der Waals surface area contributed by atoms with Crippen LogP contribution in [0, 0.1) is 0 Å². The first kappa shape index (κ1) is 15.7. The van der Waals surface area contributed by atoms with E-state index in [1.54, 1.807) is 0 Å². The molecule has 0 saturated carbocycles. The molecule has 2 unspecified atom stereocenters. The standard InChI is InChI=1S/C17H21N.ClH/c1-14(16-9-5-3-6-10-16)13-18-15(2)17-11-7-4-8-12-17;/h3-12,14-15,18H,13H2,1-2H3;1H. The van der Waals surface area contributed by atoms with Gasteiger partial charge in [-0.1, -0.05) is 67.6 Å². The van der Waals surface area contributed by atoms with Gasteiger partial charge in [0.05, 0.1) is 0 Å². The fraction of sp³-hybridized carbons (Fsp3) is 0.294. The Balaban J connectivity index is 0.00000180. The van der Waals surface area contributed by atoms with E-state index in [1.165, 1.54) is 11.1 Å². The molecule has 0 aromatic heterocycles. The summed E-state index contributed by atoms with van der Waals surface area (Å²) in [5.74, 6) is 0.539. The van der Waals surface area contributed by atoms with Gasteiger partial charge in [-0.3, -0.25) is 0 Å². The maximum atomic E-state index is 3.60. The number of hydrogen-bond donors (Lipinski definition) is 1. The van der Waals surface area contributed by atoms with Crippen LogP contribution in [0.4, 0.5) is 0 Å². The molecule has 0 bridgehead atoms. The van der Waals surface area contributed by atoms with Crippen molar-refractivity contribution in [2.24, 2.45) is 0 Å². The van der Waals surface area contributed by atoms with Gasteiger partial charge in [-0.15, -0.1) is 12.4 Å². The fourth-order valence-electron chi connectivity index (χ4n) is 2.11. The lowest BCUT2D eigenvalue weighted by Gasteiger charge is -2.18. The molecule has 1 nitrogen and oxygen atoms in total. The van der Waals surface area contributed by atoms with E-state index in [-0.39, 0.29) is 12.4 Å². The average Bonchev–Trinajstić information content (AvgIpc) is 2.46. The Labute approximate surface area is 122 Å². The second-order valence-corrected chi connectivity index (χ2v) is 4.85. The monoisotopic (exact) mass is 275 g/mol. The van der Waals surface area contributed by atoms with Crippen molar-refractivity contribution < 1.29 is 0 Å². The van der Waals surface area contributed by atoms with Crippen LogP contribution in [-0.4, -0.2) is 6.54 Å². The molecule has 0 spiro atoms. The number of halogens is 1. The summed E-state index contributed by atoms with van der Waals surface area (Å²) in [5.41, 5.74) is 2.74. The topological polar surface area (TPSA) is 12.0 Å². The molecule has 0 fully saturated rings. The Morgan fingerprint density at radius 1 is 0.789 bits per heavy atom. The maximum Gasteiger partial charge on any atom is 0.0292 e. The highest BCUT2D eigenvalue weighted by Crippen LogP contribution is 2.16. The van der Waals surface area contributed by atoms with Crippen LogP contribution >= 0.6 is 12.4 Å². The van der Waals surface area contributed by atoms with E-state index in [4.69, 9.17) is 0 Å². The van der Waals surface area contributed by atoms with E-state index in [0.29, 0.717) is 12.0 Å². The van der Waals surface area contributed by atoms with Crippen LogP contribution in [0.1, 0.15) is 36.9 Å². The number of rotatable bonds is 5. The van der Waals surface area contributed by atoms with Gasteiger partial charge in [-0.25, -0.2) is 0 Å². The van der Waals surface area contributed by atoms with Crippen molar-refractivity contribution in [3.05, 3.63) is 71.8 Å².